The summed E-state index contributed by atoms with van der Waals surface area (Å²) in [5, 5.41) is 6.81. The molecule has 0 aliphatic rings. The molecule has 166 valence electrons. The van der Waals surface area contributed by atoms with E-state index in [1.807, 2.05) is 0 Å². The van der Waals surface area contributed by atoms with Crippen molar-refractivity contribution in [1.29, 1.82) is 0 Å². The van der Waals surface area contributed by atoms with Crippen LogP contribution in [0.3, 0.4) is 0 Å². The number of benzene rings is 3. The Morgan fingerprint density at radius 2 is 1.61 bits per heavy atom. The fraction of sp³-hybridized carbons (Fsp3) is 0.323. The molecule has 3 aromatic heterocycles. The van der Waals surface area contributed by atoms with Gasteiger partial charge >= 0.3 is 0 Å². The lowest BCUT2D eigenvalue weighted by Gasteiger charge is -2.19. The number of fused-ring (bicyclic) bond motifs is 5. The first kappa shape index (κ1) is 20.5. The minimum Gasteiger partial charge on any atom is -0.307 e. The molecule has 0 unspecified atom stereocenters. The van der Waals surface area contributed by atoms with Crippen LogP contribution in [0.15, 0.2) is 48.7 Å². The topological polar surface area (TPSA) is 8.29 Å². The molecule has 6 rings (SSSR count). The zero-order valence-electron chi connectivity index (χ0n) is 21.1. The van der Waals surface area contributed by atoms with E-state index in [0.717, 1.165) is 0 Å². The van der Waals surface area contributed by atoms with Crippen molar-refractivity contribution in [2.24, 2.45) is 7.05 Å². The summed E-state index contributed by atoms with van der Waals surface area (Å²) >= 11 is 0. The molecule has 0 atom stereocenters. The van der Waals surface area contributed by atoms with Gasteiger partial charge in [-0.15, -0.1) is 0 Å². The highest BCUT2D eigenvalue weighted by atomic mass is 15.0. The molecule has 0 aliphatic heterocycles. The van der Waals surface area contributed by atoms with Gasteiger partial charge in [0, 0.05) is 16.8 Å². The summed E-state index contributed by atoms with van der Waals surface area (Å²) in [5.74, 6) is 0.481. The van der Waals surface area contributed by atoms with E-state index in [9.17, 15) is 0 Å². The molecule has 0 N–H and O–H groups in total. The molecule has 0 bridgehead atoms. The van der Waals surface area contributed by atoms with Crippen molar-refractivity contribution in [3.05, 3.63) is 70.9 Å². The largest absolute Gasteiger partial charge is 0.307 e. The van der Waals surface area contributed by atoms with Crippen LogP contribution in [0.4, 0.5) is 0 Å². The first-order chi connectivity index (χ1) is 15.6. The molecular formula is C31H33N2+. The van der Waals surface area contributed by atoms with E-state index < -0.39 is 0 Å². The Labute approximate surface area is 195 Å². The predicted octanol–water partition coefficient (Wildman–Crippen LogP) is 7.85. The lowest BCUT2D eigenvalue weighted by molar-refractivity contribution is -0.643. The summed E-state index contributed by atoms with van der Waals surface area (Å²) < 4.78 is 4.88. The highest BCUT2D eigenvalue weighted by molar-refractivity contribution is 6.26. The molecule has 3 aromatic carbocycles. The average Bonchev–Trinajstić information content (AvgIpc) is 3.08. The van der Waals surface area contributed by atoms with Gasteiger partial charge in [-0.2, -0.15) is 0 Å². The third-order valence-electron chi connectivity index (χ3n) is 7.82. The molecule has 0 radical (unpaired) electrons. The van der Waals surface area contributed by atoms with Gasteiger partial charge in [-0.3, -0.25) is 0 Å². The number of aromatic nitrogens is 2. The van der Waals surface area contributed by atoms with E-state index in [1.54, 1.807) is 0 Å². The van der Waals surface area contributed by atoms with Crippen molar-refractivity contribution >= 4 is 49.0 Å². The smallest absolute Gasteiger partial charge is 0.224 e. The second-order valence-corrected chi connectivity index (χ2v) is 11.3. The number of hydrogen-bond donors (Lipinski definition) is 0. The Balaban J connectivity index is 2.01. The minimum absolute atomic E-state index is 0.117. The van der Waals surface area contributed by atoms with Crippen molar-refractivity contribution in [2.75, 3.05) is 0 Å². The van der Waals surface area contributed by atoms with Crippen LogP contribution in [-0.4, -0.2) is 4.40 Å². The molecule has 6 aromatic rings. The Bertz CT molecular complexity index is 1740. The molecule has 0 saturated carbocycles. The molecular weight excluding hydrogens is 400 g/mol. The number of rotatable bonds is 1. The van der Waals surface area contributed by atoms with Gasteiger partial charge in [0.15, 0.2) is 6.20 Å². The summed E-state index contributed by atoms with van der Waals surface area (Å²) in [6, 6.07) is 16.6. The maximum Gasteiger partial charge on any atom is 0.224 e. The number of nitrogens with zero attached hydrogens (tertiary/aromatic N) is 2. The zero-order chi connectivity index (χ0) is 23.4. The van der Waals surface area contributed by atoms with Crippen molar-refractivity contribution in [3.8, 4) is 0 Å². The first-order valence-corrected chi connectivity index (χ1v) is 12.1. The fourth-order valence-electron chi connectivity index (χ4n) is 5.73. The second kappa shape index (κ2) is 6.47. The highest BCUT2D eigenvalue weighted by Crippen LogP contribution is 2.43. The molecule has 0 spiro atoms. The predicted molar refractivity (Wildman–Crippen MR) is 142 cm³/mol. The lowest BCUT2D eigenvalue weighted by atomic mass is 9.86. The van der Waals surface area contributed by atoms with Crippen LogP contribution in [0, 0.1) is 13.8 Å². The van der Waals surface area contributed by atoms with Gasteiger partial charge in [0.1, 0.15) is 7.05 Å². The second-order valence-electron chi connectivity index (χ2n) is 11.3. The Morgan fingerprint density at radius 3 is 2.30 bits per heavy atom. The van der Waals surface area contributed by atoms with E-state index in [-0.39, 0.29) is 5.41 Å². The van der Waals surface area contributed by atoms with E-state index in [0.29, 0.717) is 5.92 Å². The molecule has 0 fully saturated rings. The fourth-order valence-corrected chi connectivity index (χ4v) is 5.73. The standard InChI is InChI=1S/C31H33N2/c1-17(2)21-14-20-11-12-32(8)30-27-19(4)18(3)13-24-23-16-22(31(5,6)7)9-10-25(23)33(29(24)27)26(15-21)28(20)30/h9-17H,1-8H3/q+1. The third-order valence-corrected chi connectivity index (χ3v) is 7.82. The molecule has 0 aliphatic carbocycles. The maximum absolute atomic E-state index is 2.56. The van der Waals surface area contributed by atoms with E-state index in [1.165, 1.54) is 71.3 Å². The van der Waals surface area contributed by atoms with Gasteiger partial charge in [0.05, 0.1) is 27.3 Å². The molecule has 3 heterocycles. The summed E-state index contributed by atoms with van der Waals surface area (Å²) in [6.45, 7) is 16.0. The highest BCUT2D eigenvalue weighted by Gasteiger charge is 2.26. The van der Waals surface area contributed by atoms with Crippen LogP contribution in [0.5, 0.6) is 0 Å². The van der Waals surface area contributed by atoms with Gasteiger partial charge in [0.2, 0.25) is 5.52 Å². The minimum atomic E-state index is 0.117. The number of aryl methyl sites for hydroxylation is 3. The summed E-state index contributed by atoms with van der Waals surface area (Å²) in [6.07, 6.45) is 2.23. The molecule has 0 amide bonds. The van der Waals surface area contributed by atoms with Crippen LogP contribution >= 0.6 is 0 Å². The van der Waals surface area contributed by atoms with Crippen LogP contribution in [-0.2, 0) is 12.5 Å². The molecule has 2 nitrogen and oxygen atoms in total. The molecule has 0 saturated heterocycles. The average molecular weight is 434 g/mol. The zero-order valence-corrected chi connectivity index (χ0v) is 21.1. The third kappa shape index (κ3) is 2.64. The van der Waals surface area contributed by atoms with Gasteiger partial charge in [-0.25, -0.2) is 4.57 Å². The van der Waals surface area contributed by atoms with E-state index >= 15 is 0 Å². The van der Waals surface area contributed by atoms with Crippen molar-refractivity contribution < 1.29 is 4.57 Å². The maximum atomic E-state index is 2.56. The van der Waals surface area contributed by atoms with Gasteiger partial charge in [-0.1, -0.05) is 46.8 Å². The summed E-state index contributed by atoms with van der Waals surface area (Å²) in [4.78, 5) is 0. The Hall–Kier alpha value is -3.13. The van der Waals surface area contributed by atoms with E-state index in [2.05, 4.69) is 113 Å². The normalized spacial score (nSPS) is 13.1. The van der Waals surface area contributed by atoms with Crippen LogP contribution < -0.4 is 4.57 Å². The molecule has 33 heavy (non-hydrogen) atoms. The Morgan fingerprint density at radius 1 is 0.848 bits per heavy atom. The van der Waals surface area contributed by atoms with E-state index in [4.69, 9.17) is 0 Å². The van der Waals surface area contributed by atoms with Gasteiger partial charge in [-0.05, 0) is 77.1 Å². The quantitative estimate of drug-likeness (QED) is 0.142. The Kier molecular flexibility index (Phi) is 4.01. The number of pyridine rings is 2. The monoisotopic (exact) mass is 433 g/mol. The van der Waals surface area contributed by atoms with Crippen molar-refractivity contribution in [3.63, 3.8) is 0 Å². The lowest BCUT2D eigenvalue weighted by Crippen LogP contribution is -2.29. The van der Waals surface area contributed by atoms with Crippen LogP contribution in [0.1, 0.15) is 62.8 Å². The number of hydrogen-bond acceptors (Lipinski definition) is 0. The summed E-state index contributed by atoms with van der Waals surface area (Å²) in [7, 11) is 2.19. The van der Waals surface area contributed by atoms with Crippen LogP contribution in [0.2, 0.25) is 0 Å². The van der Waals surface area contributed by atoms with Gasteiger partial charge in [0.25, 0.3) is 0 Å². The van der Waals surface area contributed by atoms with Gasteiger partial charge < -0.3 is 4.40 Å². The molecule has 2 heteroatoms. The van der Waals surface area contributed by atoms with Crippen molar-refractivity contribution in [1.82, 2.24) is 4.40 Å². The van der Waals surface area contributed by atoms with Crippen LogP contribution in [0.25, 0.3) is 49.0 Å². The summed E-state index contributed by atoms with van der Waals surface area (Å²) in [5.41, 5.74) is 11.0. The first-order valence-electron chi connectivity index (χ1n) is 12.1. The SMILES string of the molecule is Cc1cc2c3cc(C(C)(C)C)ccc3n3c4cc(C(C)C)cc5cc[n+](C)c(c(c1C)c23)c54. The van der Waals surface area contributed by atoms with Crippen molar-refractivity contribution in [2.45, 2.75) is 59.8 Å².